The van der Waals surface area contributed by atoms with Gasteiger partial charge in [0.15, 0.2) is 0 Å². The van der Waals surface area contributed by atoms with Crippen molar-refractivity contribution in [1.29, 1.82) is 0 Å². The van der Waals surface area contributed by atoms with Crippen molar-refractivity contribution in [3.05, 3.63) is 63.9 Å². The zero-order valence-corrected chi connectivity index (χ0v) is 18.4. The van der Waals surface area contributed by atoms with Crippen LogP contribution in [0.1, 0.15) is 36.9 Å². The van der Waals surface area contributed by atoms with Gasteiger partial charge < -0.3 is 21.3 Å². The van der Waals surface area contributed by atoms with E-state index in [2.05, 4.69) is 39.7 Å². The lowest BCUT2D eigenvalue weighted by Gasteiger charge is -2.35. The number of nitrogens with two attached hydrogens (primary N) is 1. The van der Waals surface area contributed by atoms with Gasteiger partial charge in [0.05, 0.1) is 23.5 Å². The van der Waals surface area contributed by atoms with Crippen LogP contribution in [0, 0.1) is 0 Å². The number of aromatic nitrogens is 2. The minimum Gasteiger partial charge on any atom is -0.376 e. The fraction of sp³-hybridized carbons (Fsp3) is 0.375. The molecule has 0 spiro atoms. The van der Waals surface area contributed by atoms with E-state index in [1.165, 1.54) is 11.1 Å². The van der Waals surface area contributed by atoms with E-state index in [4.69, 9.17) is 5.73 Å². The van der Waals surface area contributed by atoms with E-state index in [0.717, 1.165) is 24.9 Å². The minimum atomic E-state index is -0.195. The average molecular weight is 435 g/mol. The normalized spacial score (nSPS) is 15.4. The third-order valence-electron chi connectivity index (χ3n) is 5.99. The summed E-state index contributed by atoms with van der Waals surface area (Å²) in [4.78, 5) is 34.5. The third kappa shape index (κ3) is 4.75. The molecule has 0 radical (unpaired) electrons. The quantitative estimate of drug-likeness (QED) is 0.405. The second-order valence-corrected chi connectivity index (χ2v) is 8.13. The molecule has 2 heterocycles. The van der Waals surface area contributed by atoms with E-state index in [1.807, 2.05) is 17.0 Å². The van der Waals surface area contributed by atoms with Crippen molar-refractivity contribution >= 4 is 28.4 Å². The number of rotatable bonds is 8. The minimum absolute atomic E-state index is 0.0493. The Morgan fingerprint density at radius 2 is 2.06 bits per heavy atom. The van der Waals surface area contributed by atoms with Crippen LogP contribution < -0.4 is 21.9 Å². The van der Waals surface area contributed by atoms with Crippen LogP contribution >= 0.6 is 0 Å². The Kier molecular flexibility index (Phi) is 6.70. The highest BCUT2D eigenvalue weighted by Gasteiger charge is 2.26. The predicted molar refractivity (Wildman–Crippen MR) is 128 cm³/mol. The van der Waals surface area contributed by atoms with E-state index >= 15 is 0 Å². The second-order valence-electron chi connectivity index (χ2n) is 8.13. The number of hydrogen-bond acceptors (Lipinski definition) is 6. The molecule has 4 rings (SSSR count). The number of carbonyl (C=O) groups is 1. The SMILES string of the molecule is CC1c2ccccc2CCN1C(=O)CNc1ccc2c(=O)[nH]c(NCCCCN)nc2c1. The van der Waals surface area contributed by atoms with Gasteiger partial charge in [0.25, 0.3) is 5.56 Å². The Bertz CT molecular complexity index is 1160. The number of unbranched alkanes of at least 4 members (excludes halogenated alkanes) is 1. The molecule has 8 nitrogen and oxygen atoms in total. The van der Waals surface area contributed by atoms with Crippen LogP contribution in [-0.2, 0) is 11.2 Å². The molecule has 1 aliphatic rings. The van der Waals surface area contributed by atoms with E-state index in [0.29, 0.717) is 36.5 Å². The van der Waals surface area contributed by atoms with Gasteiger partial charge in [0.2, 0.25) is 11.9 Å². The molecular formula is C24H30N6O2. The smallest absolute Gasteiger partial charge is 0.260 e. The van der Waals surface area contributed by atoms with Gasteiger partial charge in [-0.25, -0.2) is 4.98 Å². The van der Waals surface area contributed by atoms with E-state index < -0.39 is 0 Å². The van der Waals surface area contributed by atoms with Crippen LogP contribution in [0.5, 0.6) is 0 Å². The van der Waals surface area contributed by atoms with Crippen LogP contribution in [0.4, 0.5) is 11.6 Å². The summed E-state index contributed by atoms with van der Waals surface area (Å²) in [6.07, 6.45) is 2.69. The Hall–Kier alpha value is -3.39. The maximum Gasteiger partial charge on any atom is 0.260 e. The maximum absolute atomic E-state index is 12.9. The summed E-state index contributed by atoms with van der Waals surface area (Å²) < 4.78 is 0. The third-order valence-corrected chi connectivity index (χ3v) is 5.99. The molecule has 0 saturated carbocycles. The van der Waals surface area contributed by atoms with Crippen LogP contribution in [0.25, 0.3) is 10.9 Å². The summed E-state index contributed by atoms with van der Waals surface area (Å²) in [6, 6.07) is 13.7. The maximum atomic E-state index is 12.9. The number of aromatic amines is 1. The highest BCUT2D eigenvalue weighted by atomic mass is 16.2. The van der Waals surface area contributed by atoms with Gasteiger partial charge >= 0.3 is 0 Å². The molecule has 32 heavy (non-hydrogen) atoms. The van der Waals surface area contributed by atoms with Crippen molar-refractivity contribution in [3.63, 3.8) is 0 Å². The number of H-pyrrole nitrogens is 1. The number of benzene rings is 2. The zero-order chi connectivity index (χ0) is 22.5. The van der Waals surface area contributed by atoms with Gasteiger partial charge in [0.1, 0.15) is 0 Å². The van der Waals surface area contributed by atoms with Crippen LogP contribution in [-0.4, -0.2) is 47.0 Å². The average Bonchev–Trinajstić information content (AvgIpc) is 2.80. The highest BCUT2D eigenvalue weighted by molar-refractivity contribution is 5.85. The molecule has 1 aromatic heterocycles. The van der Waals surface area contributed by atoms with Crippen molar-refractivity contribution in [2.24, 2.45) is 5.73 Å². The van der Waals surface area contributed by atoms with Crippen LogP contribution in [0.15, 0.2) is 47.3 Å². The number of nitrogens with one attached hydrogen (secondary N) is 3. The first kappa shape index (κ1) is 21.8. The van der Waals surface area contributed by atoms with Gasteiger partial charge in [0, 0.05) is 18.8 Å². The lowest BCUT2D eigenvalue weighted by molar-refractivity contribution is -0.131. The Morgan fingerprint density at radius 3 is 2.91 bits per heavy atom. The molecule has 0 bridgehead atoms. The first-order chi connectivity index (χ1) is 15.6. The molecule has 1 amide bonds. The van der Waals surface area contributed by atoms with Crippen molar-refractivity contribution < 1.29 is 4.79 Å². The van der Waals surface area contributed by atoms with Gasteiger partial charge in [-0.1, -0.05) is 24.3 Å². The molecule has 0 aliphatic carbocycles. The number of carbonyl (C=O) groups excluding carboxylic acids is 1. The predicted octanol–water partition coefficient (Wildman–Crippen LogP) is 2.63. The molecular weight excluding hydrogens is 404 g/mol. The first-order valence-electron chi connectivity index (χ1n) is 11.2. The van der Waals surface area contributed by atoms with E-state index in [1.54, 1.807) is 18.2 Å². The van der Waals surface area contributed by atoms with Crippen molar-refractivity contribution in [3.8, 4) is 0 Å². The summed E-state index contributed by atoms with van der Waals surface area (Å²) in [7, 11) is 0. The van der Waals surface area contributed by atoms with Crippen LogP contribution in [0.2, 0.25) is 0 Å². The zero-order valence-electron chi connectivity index (χ0n) is 18.4. The molecule has 8 heteroatoms. The second kappa shape index (κ2) is 9.82. The van der Waals surface area contributed by atoms with E-state index in [9.17, 15) is 9.59 Å². The lowest BCUT2D eigenvalue weighted by atomic mass is 9.93. The summed E-state index contributed by atoms with van der Waals surface area (Å²) in [5.74, 6) is 0.488. The molecule has 1 atom stereocenters. The van der Waals surface area contributed by atoms with Crippen molar-refractivity contribution in [1.82, 2.24) is 14.9 Å². The van der Waals surface area contributed by atoms with Crippen LogP contribution in [0.3, 0.4) is 0 Å². The van der Waals surface area contributed by atoms with Crippen molar-refractivity contribution in [2.75, 3.05) is 36.8 Å². The highest BCUT2D eigenvalue weighted by Crippen LogP contribution is 2.29. The number of fused-ring (bicyclic) bond motifs is 2. The number of nitrogens with zero attached hydrogens (tertiary/aromatic N) is 2. The summed E-state index contributed by atoms with van der Waals surface area (Å²) in [5.41, 5.74) is 9.18. The summed E-state index contributed by atoms with van der Waals surface area (Å²) >= 11 is 0. The summed E-state index contributed by atoms with van der Waals surface area (Å²) in [6.45, 7) is 4.30. The van der Waals surface area contributed by atoms with Gasteiger partial charge in [-0.15, -0.1) is 0 Å². The largest absolute Gasteiger partial charge is 0.376 e. The van der Waals surface area contributed by atoms with Crippen molar-refractivity contribution in [2.45, 2.75) is 32.2 Å². The molecule has 1 unspecified atom stereocenters. The standard InChI is InChI=1S/C24H30N6O2/c1-16-19-7-3-2-6-17(19)10-13-30(16)22(31)15-27-18-8-9-20-21(14-18)28-24(29-23(20)32)26-12-5-4-11-25/h2-3,6-9,14,16,27H,4-5,10-13,15,25H2,1H3,(H2,26,28,29,32). The van der Waals surface area contributed by atoms with Gasteiger partial charge in [-0.2, -0.15) is 0 Å². The number of amides is 1. The lowest BCUT2D eigenvalue weighted by Crippen LogP contribution is -2.41. The molecule has 5 N–H and O–H groups in total. The molecule has 1 aliphatic heterocycles. The fourth-order valence-electron chi connectivity index (χ4n) is 4.20. The summed E-state index contributed by atoms with van der Waals surface area (Å²) in [5, 5.41) is 6.84. The van der Waals surface area contributed by atoms with Gasteiger partial charge in [-0.05, 0) is 62.1 Å². The fourth-order valence-corrected chi connectivity index (χ4v) is 4.20. The molecule has 0 saturated heterocycles. The van der Waals surface area contributed by atoms with Gasteiger partial charge in [-0.3, -0.25) is 14.6 Å². The Balaban J connectivity index is 1.42. The monoisotopic (exact) mass is 434 g/mol. The molecule has 0 fully saturated rings. The molecule has 168 valence electrons. The molecule has 3 aromatic rings. The number of anilines is 2. The number of hydrogen-bond donors (Lipinski definition) is 4. The Labute approximate surface area is 187 Å². The first-order valence-corrected chi connectivity index (χ1v) is 11.2. The van der Waals surface area contributed by atoms with E-state index in [-0.39, 0.29) is 24.1 Å². The Morgan fingerprint density at radius 1 is 1.22 bits per heavy atom. The molecule has 2 aromatic carbocycles. The topological polar surface area (TPSA) is 116 Å².